The first-order valence-electron chi connectivity index (χ1n) is 4.08. The lowest BCUT2D eigenvalue weighted by molar-refractivity contribution is 0.260. The predicted octanol–water partition coefficient (Wildman–Crippen LogP) is 1.38. The highest BCUT2D eigenvalue weighted by molar-refractivity contribution is 5.16. The van der Waals surface area contributed by atoms with E-state index in [4.69, 9.17) is 10.00 Å². The molecule has 0 radical (unpaired) electrons. The second-order valence-electron chi connectivity index (χ2n) is 3.04. The smallest absolute Gasteiger partial charge is 0.235 e. The van der Waals surface area contributed by atoms with E-state index in [1.54, 1.807) is 6.07 Å². The number of nitriles is 1. The monoisotopic (exact) mass is 177 g/mol. The second-order valence-corrected chi connectivity index (χ2v) is 3.04. The second kappa shape index (κ2) is 4.41. The average molecular weight is 177 g/mol. The first kappa shape index (κ1) is 9.46. The van der Waals surface area contributed by atoms with Crippen molar-refractivity contribution < 1.29 is 4.74 Å². The van der Waals surface area contributed by atoms with Gasteiger partial charge in [-0.2, -0.15) is 10.2 Å². The number of aromatic nitrogens is 2. The minimum absolute atomic E-state index is 0.140. The summed E-state index contributed by atoms with van der Waals surface area (Å²) in [4.78, 5) is 7.60. The molecule has 0 fully saturated rings. The highest BCUT2D eigenvalue weighted by atomic mass is 16.5. The van der Waals surface area contributed by atoms with Crippen LogP contribution in [0.1, 0.15) is 19.7 Å². The van der Waals surface area contributed by atoms with Crippen LogP contribution in [0.3, 0.4) is 0 Å². The Hall–Kier alpha value is -1.63. The SMILES string of the molecule is CC(C)COc1ccnc(C#N)n1. The fourth-order valence-corrected chi connectivity index (χ4v) is 0.728. The van der Waals surface area contributed by atoms with E-state index >= 15 is 0 Å². The average Bonchev–Trinajstić information content (AvgIpc) is 2.15. The number of nitrogens with zero attached hydrogens (tertiary/aromatic N) is 3. The maximum Gasteiger partial charge on any atom is 0.235 e. The summed E-state index contributed by atoms with van der Waals surface area (Å²) in [5.41, 5.74) is 0. The first-order chi connectivity index (χ1) is 6.22. The molecule has 0 bridgehead atoms. The van der Waals surface area contributed by atoms with E-state index in [0.29, 0.717) is 18.4 Å². The molecule has 0 aromatic carbocycles. The van der Waals surface area contributed by atoms with Gasteiger partial charge in [0, 0.05) is 12.3 Å². The van der Waals surface area contributed by atoms with E-state index in [1.165, 1.54) is 6.20 Å². The number of ether oxygens (including phenoxy) is 1. The number of hydrogen-bond donors (Lipinski definition) is 0. The van der Waals surface area contributed by atoms with Gasteiger partial charge < -0.3 is 4.74 Å². The Morgan fingerprint density at radius 3 is 3.00 bits per heavy atom. The zero-order valence-electron chi connectivity index (χ0n) is 7.69. The normalized spacial score (nSPS) is 9.69. The zero-order chi connectivity index (χ0) is 9.68. The van der Waals surface area contributed by atoms with Gasteiger partial charge in [-0.15, -0.1) is 0 Å². The summed E-state index contributed by atoms with van der Waals surface area (Å²) in [6.07, 6.45) is 1.52. The lowest BCUT2D eigenvalue weighted by atomic mass is 10.2. The van der Waals surface area contributed by atoms with Crippen LogP contribution in [0, 0.1) is 17.2 Å². The van der Waals surface area contributed by atoms with Gasteiger partial charge in [-0.25, -0.2) is 4.98 Å². The topological polar surface area (TPSA) is 58.8 Å². The van der Waals surface area contributed by atoms with Gasteiger partial charge in [0.2, 0.25) is 11.7 Å². The fraction of sp³-hybridized carbons (Fsp3) is 0.444. The Bertz CT molecular complexity index is 317. The molecule has 0 aliphatic rings. The lowest BCUT2D eigenvalue weighted by Crippen LogP contribution is -2.06. The molecule has 0 saturated carbocycles. The van der Waals surface area contributed by atoms with Gasteiger partial charge in [0.15, 0.2) is 0 Å². The fourth-order valence-electron chi connectivity index (χ4n) is 0.728. The molecular formula is C9H11N3O. The standard InChI is InChI=1S/C9H11N3O/c1-7(2)6-13-9-3-4-11-8(5-10)12-9/h3-4,7H,6H2,1-2H3. The minimum Gasteiger partial charge on any atom is -0.477 e. The minimum atomic E-state index is 0.140. The van der Waals surface area contributed by atoms with Crippen molar-refractivity contribution in [3.8, 4) is 11.9 Å². The van der Waals surface area contributed by atoms with E-state index in [0.717, 1.165) is 0 Å². The Morgan fingerprint density at radius 1 is 1.62 bits per heavy atom. The summed E-state index contributed by atoms with van der Waals surface area (Å²) in [7, 11) is 0. The summed E-state index contributed by atoms with van der Waals surface area (Å²) < 4.78 is 5.31. The molecule has 4 nitrogen and oxygen atoms in total. The molecule has 0 amide bonds. The quantitative estimate of drug-likeness (QED) is 0.699. The van der Waals surface area contributed by atoms with E-state index < -0.39 is 0 Å². The molecular weight excluding hydrogens is 166 g/mol. The highest BCUT2D eigenvalue weighted by Crippen LogP contribution is 2.06. The molecule has 68 valence electrons. The van der Waals surface area contributed by atoms with Gasteiger partial charge >= 0.3 is 0 Å². The van der Waals surface area contributed by atoms with E-state index in [-0.39, 0.29) is 5.82 Å². The number of hydrogen-bond acceptors (Lipinski definition) is 4. The van der Waals surface area contributed by atoms with Crippen LogP contribution in [0.15, 0.2) is 12.3 Å². The molecule has 0 spiro atoms. The summed E-state index contributed by atoms with van der Waals surface area (Å²) >= 11 is 0. The van der Waals surface area contributed by atoms with Crippen molar-refractivity contribution in [3.05, 3.63) is 18.1 Å². The van der Waals surface area contributed by atoms with E-state index in [2.05, 4.69) is 9.97 Å². The third-order valence-corrected chi connectivity index (χ3v) is 1.29. The van der Waals surface area contributed by atoms with Gasteiger partial charge in [0.25, 0.3) is 0 Å². The van der Waals surface area contributed by atoms with Crippen LogP contribution in [-0.4, -0.2) is 16.6 Å². The molecule has 1 rings (SSSR count). The van der Waals surface area contributed by atoms with Crippen molar-refractivity contribution in [2.45, 2.75) is 13.8 Å². The highest BCUT2D eigenvalue weighted by Gasteiger charge is 1.99. The summed E-state index contributed by atoms with van der Waals surface area (Å²) in [6.45, 7) is 4.70. The first-order valence-corrected chi connectivity index (χ1v) is 4.08. The van der Waals surface area contributed by atoms with Gasteiger partial charge in [-0.3, -0.25) is 0 Å². The van der Waals surface area contributed by atoms with Gasteiger partial charge in [0.1, 0.15) is 6.07 Å². The molecule has 0 aliphatic carbocycles. The molecule has 13 heavy (non-hydrogen) atoms. The molecule has 0 saturated heterocycles. The number of rotatable bonds is 3. The van der Waals surface area contributed by atoms with Crippen molar-refractivity contribution in [1.29, 1.82) is 5.26 Å². The largest absolute Gasteiger partial charge is 0.477 e. The van der Waals surface area contributed by atoms with Crippen LogP contribution in [0.5, 0.6) is 5.88 Å². The lowest BCUT2D eigenvalue weighted by Gasteiger charge is -2.06. The van der Waals surface area contributed by atoms with Crippen molar-refractivity contribution >= 4 is 0 Å². The van der Waals surface area contributed by atoms with Crippen LogP contribution < -0.4 is 4.74 Å². The van der Waals surface area contributed by atoms with Gasteiger partial charge in [0.05, 0.1) is 6.61 Å². The van der Waals surface area contributed by atoms with Crippen LogP contribution in [-0.2, 0) is 0 Å². The Morgan fingerprint density at radius 2 is 2.38 bits per heavy atom. The van der Waals surface area contributed by atoms with Crippen LogP contribution in [0.4, 0.5) is 0 Å². The maximum atomic E-state index is 8.51. The molecule has 0 N–H and O–H groups in total. The summed E-state index contributed by atoms with van der Waals surface area (Å²) in [5.74, 6) is 1.04. The van der Waals surface area contributed by atoms with Crippen LogP contribution in [0.2, 0.25) is 0 Å². The van der Waals surface area contributed by atoms with E-state index in [1.807, 2.05) is 19.9 Å². The van der Waals surface area contributed by atoms with Crippen LogP contribution in [0.25, 0.3) is 0 Å². The Balaban J connectivity index is 2.63. The van der Waals surface area contributed by atoms with Gasteiger partial charge in [-0.1, -0.05) is 13.8 Å². The third kappa shape index (κ3) is 3.08. The van der Waals surface area contributed by atoms with Crippen molar-refractivity contribution in [2.24, 2.45) is 5.92 Å². The molecule has 0 aliphatic heterocycles. The summed E-state index contributed by atoms with van der Waals surface area (Å²) in [5, 5.41) is 8.51. The Labute approximate surface area is 77.2 Å². The maximum absolute atomic E-state index is 8.51. The molecule has 1 aromatic rings. The molecule has 0 unspecified atom stereocenters. The summed E-state index contributed by atoms with van der Waals surface area (Å²) in [6, 6.07) is 3.49. The third-order valence-electron chi connectivity index (χ3n) is 1.29. The van der Waals surface area contributed by atoms with Crippen molar-refractivity contribution in [2.75, 3.05) is 6.61 Å². The van der Waals surface area contributed by atoms with Crippen molar-refractivity contribution in [3.63, 3.8) is 0 Å². The zero-order valence-corrected chi connectivity index (χ0v) is 7.69. The van der Waals surface area contributed by atoms with E-state index in [9.17, 15) is 0 Å². The Kier molecular flexibility index (Phi) is 3.21. The van der Waals surface area contributed by atoms with Crippen LogP contribution >= 0.6 is 0 Å². The molecule has 1 heterocycles. The van der Waals surface area contributed by atoms with Gasteiger partial charge in [-0.05, 0) is 5.92 Å². The molecule has 4 heteroatoms. The molecule has 1 aromatic heterocycles. The van der Waals surface area contributed by atoms with Crippen molar-refractivity contribution in [1.82, 2.24) is 9.97 Å². The predicted molar refractivity (Wildman–Crippen MR) is 47.1 cm³/mol. The molecule has 0 atom stereocenters.